The molecular weight excluding hydrogens is 330 g/mol. The molecule has 1 N–H and O–H groups in total. The Bertz CT molecular complexity index is 1060. The Morgan fingerprint density at radius 2 is 1.88 bits per heavy atom. The first-order valence-corrected chi connectivity index (χ1v) is 8.62. The number of carbonyl (C=O) groups is 1. The lowest BCUT2D eigenvalue weighted by atomic mass is 10.0. The zero-order valence-electron chi connectivity index (χ0n) is 15.8. The Morgan fingerprint density at radius 1 is 1.15 bits per heavy atom. The van der Waals surface area contributed by atoms with Crippen LogP contribution in [0, 0.1) is 34.6 Å². The van der Waals surface area contributed by atoms with Crippen molar-refractivity contribution in [3.8, 4) is 0 Å². The van der Waals surface area contributed by atoms with Crippen molar-refractivity contribution in [2.45, 2.75) is 41.2 Å². The van der Waals surface area contributed by atoms with Gasteiger partial charge in [0.25, 0.3) is 5.91 Å². The van der Waals surface area contributed by atoms with Crippen molar-refractivity contribution >= 4 is 16.9 Å². The van der Waals surface area contributed by atoms with Gasteiger partial charge in [-0.1, -0.05) is 12.1 Å². The van der Waals surface area contributed by atoms with Crippen LogP contribution in [-0.2, 0) is 6.54 Å². The van der Waals surface area contributed by atoms with Crippen LogP contribution < -0.4 is 11.0 Å². The molecule has 0 aliphatic heterocycles. The monoisotopic (exact) mass is 353 g/mol. The van der Waals surface area contributed by atoms with Crippen LogP contribution in [0.3, 0.4) is 0 Å². The molecule has 0 bridgehead atoms. The van der Waals surface area contributed by atoms with E-state index in [0.29, 0.717) is 24.5 Å². The fourth-order valence-electron chi connectivity index (χ4n) is 3.14. The SMILES string of the molecule is Cc1cc(C)n(CCNC(=O)c2oc3c(C)c(C)ccc3c2C)c(=O)n1. The van der Waals surface area contributed by atoms with Crippen molar-refractivity contribution in [1.82, 2.24) is 14.9 Å². The van der Waals surface area contributed by atoms with E-state index in [9.17, 15) is 9.59 Å². The lowest BCUT2D eigenvalue weighted by molar-refractivity contribution is 0.0925. The van der Waals surface area contributed by atoms with E-state index in [0.717, 1.165) is 33.4 Å². The number of amides is 1. The zero-order valence-corrected chi connectivity index (χ0v) is 15.8. The third kappa shape index (κ3) is 3.14. The molecule has 136 valence electrons. The summed E-state index contributed by atoms with van der Waals surface area (Å²) in [6.07, 6.45) is 0. The number of hydrogen-bond donors (Lipinski definition) is 1. The van der Waals surface area contributed by atoms with Crippen LogP contribution in [0.2, 0.25) is 0 Å². The van der Waals surface area contributed by atoms with Gasteiger partial charge in [0.15, 0.2) is 5.76 Å². The number of aromatic nitrogens is 2. The average Bonchev–Trinajstić information content (AvgIpc) is 2.91. The van der Waals surface area contributed by atoms with E-state index in [1.807, 2.05) is 45.9 Å². The highest BCUT2D eigenvalue weighted by atomic mass is 16.3. The van der Waals surface area contributed by atoms with Gasteiger partial charge < -0.3 is 9.73 Å². The molecule has 0 saturated heterocycles. The summed E-state index contributed by atoms with van der Waals surface area (Å²) in [4.78, 5) is 28.4. The molecule has 6 heteroatoms. The maximum Gasteiger partial charge on any atom is 0.348 e. The molecule has 0 unspecified atom stereocenters. The van der Waals surface area contributed by atoms with Crippen molar-refractivity contribution in [2.24, 2.45) is 0 Å². The van der Waals surface area contributed by atoms with Crippen LogP contribution in [-0.4, -0.2) is 22.0 Å². The highest BCUT2D eigenvalue weighted by Crippen LogP contribution is 2.29. The van der Waals surface area contributed by atoms with E-state index in [4.69, 9.17) is 4.42 Å². The molecule has 3 rings (SSSR count). The van der Waals surface area contributed by atoms with E-state index < -0.39 is 0 Å². The van der Waals surface area contributed by atoms with Gasteiger partial charge in [0.1, 0.15) is 5.58 Å². The lowest BCUT2D eigenvalue weighted by Crippen LogP contribution is -2.33. The normalized spacial score (nSPS) is 11.1. The van der Waals surface area contributed by atoms with Crippen LogP contribution in [0.4, 0.5) is 0 Å². The number of nitrogens with one attached hydrogen (secondary N) is 1. The number of carbonyl (C=O) groups excluding carboxylic acids is 1. The molecule has 0 aliphatic rings. The number of rotatable bonds is 4. The summed E-state index contributed by atoms with van der Waals surface area (Å²) in [6.45, 7) is 10.2. The molecule has 1 aromatic carbocycles. The Hall–Kier alpha value is -2.89. The third-order valence-corrected chi connectivity index (χ3v) is 4.80. The third-order valence-electron chi connectivity index (χ3n) is 4.80. The fraction of sp³-hybridized carbons (Fsp3) is 0.350. The predicted molar refractivity (Wildman–Crippen MR) is 101 cm³/mol. The van der Waals surface area contributed by atoms with Crippen molar-refractivity contribution in [2.75, 3.05) is 6.54 Å². The lowest BCUT2D eigenvalue weighted by Gasteiger charge is -2.10. The fourth-order valence-corrected chi connectivity index (χ4v) is 3.14. The molecule has 0 aliphatic carbocycles. The summed E-state index contributed by atoms with van der Waals surface area (Å²) in [7, 11) is 0. The summed E-state index contributed by atoms with van der Waals surface area (Å²) in [6, 6.07) is 5.85. The van der Waals surface area contributed by atoms with E-state index in [1.165, 1.54) is 0 Å². The summed E-state index contributed by atoms with van der Waals surface area (Å²) >= 11 is 0. The number of benzene rings is 1. The van der Waals surface area contributed by atoms with E-state index in [-0.39, 0.29) is 11.6 Å². The maximum atomic E-state index is 12.5. The molecule has 0 atom stereocenters. The van der Waals surface area contributed by atoms with Crippen LogP contribution >= 0.6 is 0 Å². The first kappa shape index (κ1) is 17.9. The summed E-state index contributed by atoms with van der Waals surface area (Å²) in [5.74, 6) is 0.0429. The van der Waals surface area contributed by atoms with Gasteiger partial charge in [0.2, 0.25) is 0 Å². The van der Waals surface area contributed by atoms with Crippen molar-refractivity contribution in [3.63, 3.8) is 0 Å². The molecule has 26 heavy (non-hydrogen) atoms. The van der Waals surface area contributed by atoms with E-state index in [1.54, 1.807) is 11.5 Å². The van der Waals surface area contributed by atoms with Gasteiger partial charge in [-0.2, -0.15) is 4.98 Å². The molecular formula is C20H23N3O3. The van der Waals surface area contributed by atoms with Crippen LogP contribution in [0.5, 0.6) is 0 Å². The predicted octanol–water partition coefficient (Wildman–Crippen LogP) is 2.96. The minimum Gasteiger partial charge on any atom is -0.450 e. The highest BCUT2D eigenvalue weighted by Gasteiger charge is 2.19. The van der Waals surface area contributed by atoms with Crippen molar-refractivity contribution < 1.29 is 9.21 Å². The number of furan rings is 1. The van der Waals surface area contributed by atoms with E-state index in [2.05, 4.69) is 10.3 Å². The summed E-state index contributed by atoms with van der Waals surface area (Å²) in [5.41, 5.74) is 4.95. The average molecular weight is 353 g/mol. The number of hydrogen-bond acceptors (Lipinski definition) is 4. The molecule has 0 radical (unpaired) electrons. The van der Waals surface area contributed by atoms with Crippen molar-refractivity contribution in [3.05, 3.63) is 62.5 Å². The Balaban J connectivity index is 1.77. The molecule has 1 amide bonds. The largest absolute Gasteiger partial charge is 0.450 e. The first-order valence-electron chi connectivity index (χ1n) is 8.62. The number of fused-ring (bicyclic) bond motifs is 1. The van der Waals surface area contributed by atoms with Gasteiger partial charge in [-0.05, 0) is 51.8 Å². The quantitative estimate of drug-likeness (QED) is 0.782. The first-order chi connectivity index (χ1) is 12.3. The second kappa shape index (κ2) is 6.78. The maximum absolute atomic E-state index is 12.5. The highest BCUT2D eigenvalue weighted by molar-refractivity contribution is 5.99. The van der Waals surface area contributed by atoms with Gasteiger partial charge in [-0.25, -0.2) is 4.79 Å². The molecule has 2 aromatic heterocycles. The smallest absolute Gasteiger partial charge is 0.348 e. The summed E-state index contributed by atoms with van der Waals surface area (Å²) < 4.78 is 7.39. The standard InChI is InChI=1S/C20H23N3O3/c1-11-6-7-16-15(5)18(26-17(16)14(11)4)19(24)21-8-9-23-13(3)10-12(2)22-20(23)25/h6-7,10H,8-9H2,1-5H3,(H,21,24). The van der Waals surface area contributed by atoms with Gasteiger partial charge >= 0.3 is 5.69 Å². The van der Waals surface area contributed by atoms with Crippen LogP contribution in [0.15, 0.2) is 27.4 Å². The second-order valence-corrected chi connectivity index (χ2v) is 6.67. The Kier molecular flexibility index (Phi) is 4.68. The number of nitrogens with zero attached hydrogens (tertiary/aromatic N) is 2. The Labute approximate surface area is 151 Å². The van der Waals surface area contributed by atoms with Crippen LogP contribution in [0.1, 0.15) is 38.6 Å². The zero-order chi connectivity index (χ0) is 19.0. The second-order valence-electron chi connectivity index (χ2n) is 6.67. The molecule has 0 fully saturated rings. The Morgan fingerprint density at radius 3 is 2.58 bits per heavy atom. The molecule has 0 saturated carbocycles. The molecule has 2 heterocycles. The minimum absolute atomic E-state index is 0.276. The van der Waals surface area contributed by atoms with E-state index >= 15 is 0 Å². The van der Waals surface area contributed by atoms with Crippen molar-refractivity contribution in [1.29, 1.82) is 0 Å². The molecule has 3 aromatic rings. The van der Waals surface area contributed by atoms with Crippen LogP contribution in [0.25, 0.3) is 11.0 Å². The molecule has 6 nitrogen and oxygen atoms in total. The minimum atomic E-state index is -0.303. The van der Waals surface area contributed by atoms with Gasteiger partial charge in [-0.3, -0.25) is 9.36 Å². The molecule has 0 spiro atoms. The van der Waals surface area contributed by atoms with Gasteiger partial charge in [-0.15, -0.1) is 0 Å². The summed E-state index contributed by atoms with van der Waals surface area (Å²) in [5, 5.41) is 3.78. The number of aryl methyl sites for hydroxylation is 5. The topological polar surface area (TPSA) is 77.1 Å². The van der Waals surface area contributed by atoms with Gasteiger partial charge in [0, 0.05) is 35.4 Å². The van der Waals surface area contributed by atoms with Gasteiger partial charge in [0.05, 0.1) is 0 Å².